The lowest BCUT2D eigenvalue weighted by molar-refractivity contribution is -0.140. The second-order valence-electron chi connectivity index (χ2n) is 11.9. The lowest BCUT2D eigenvalue weighted by Crippen LogP contribution is -2.55. The maximum atomic E-state index is 14.9. The van der Waals surface area contributed by atoms with Crippen molar-refractivity contribution in [1.82, 2.24) is 20.2 Å². The number of nitrogens with zero attached hydrogens (tertiary/aromatic N) is 2. The standard InChI is InChI=1S/C30H41F2N5O6/c1-5-17-11-13-37(24(17)26(33)38)28(40)23(16(2)3)36-29(41)43-22-14-18(22)8-6-7-12-30(31,32)25-27(39)35-21-15-19(42-4)9-10-20(21)34-25/h9-10,15-18,22-24H,5-8,11-14H2,1-4H3,(H2,33,38)(H,35,39)(H,36,41)/t17-,18-,22?,23+,24+/m1/s1. The molecule has 2 aromatic rings. The Morgan fingerprint density at radius 1 is 1.23 bits per heavy atom. The van der Waals surface area contributed by atoms with E-state index in [1.807, 2.05) is 6.92 Å². The number of ether oxygens (including phenoxy) is 2. The highest BCUT2D eigenvalue weighted by Gasteiger charge is 2.44. The molecule has 43 heavy (non-hydrogen) atoms. The summed E-state index contributed by atoms with van der Waals surface area (Å²) in [7, 11) is 1.46. The van der Waals surface area contributed by atoms with Crippen molar-refractivity contribution in [3.05, 3.63) is 34.2 Å². The highest BCUT2D eigenvalue weighted by atomic mass is 19.3. The van der Waals surface area contributed by atoms with Crippen molar-refractivity contribution in [3.8, 4) is 5.75 Å². The van der Waals surface area contributed by atoms with Crippen molar-refractivity contribution in [3.63, 3.8) is 0 Å². The molecule has 1 aliphatic heterocycles. The van der Waals surface area contributed by atoms with Gasteiger partial charge in [-0.05, 0) is 55.6 Å². The largest absolute Gasteiger partial charge is 0.497 e. The van der Waals surface area contributed by atoms with E-state index in [9.17, 15) is 28.0 Å². The number of aromatic nitrogens is 2. The van der Waals surface area contributed by atoms with E-state index in [1.165, 1.54) is 24.1 Å². The first-order valence-corrected chi connectivity index (χ1v) is 14.9. The number of likely N-dealkylation sites (tertiary alicyclic amines) is 1. The molecule has 2 heterocycles. The first kappa shape index (κ1) is 32.2. The lowest BCUT2D eigenvalue weighted by atomic mass is 9.96. The molecule has 0 radical (unpaired) electrons. The van der Waals surface area contributed by atoms with Crippen molar-refractivity contribution >= 4 is 28.9 Å². The van der Waals surface area contributed by atoms with Crippen molar-refractivity contribution in [2.45, 2.75) is 89.8 Å². The topological polar surface area (TPSA) is 157 Å². The van der Waals surface area contributed by atoms with Crippen LogP contribution in [0.25, 0.3) is 11.0 Å². The van der Waals surface area contributed by atoms with Gasteiger partial charge in [0.25, 0.3) is 11.5 Å². The second-order valence-corrected chi connectivity index (χ2v) is 11.9. The molecular weight excluding hydrogens is 564 g/mol. The van der Waals surface area contributed by atoms with Crippen LogP contribution >= 0.6 is 0 Å². The number of carbonyl (C=O) groups excluding carboxylic acids is 3. The number of hydrogen-bond donors (Lipinski definition) is 3. The molecule has 13 heteroatoms. The smallest absolute Gasteiger partial charge is 0.408 e. The van der Waals surface area contributed by atoms with E-state index in [2.05, 4.69) is 15.3 Å². The van der Waals surface area contributed by atoms with E-state index < -0.39 is 47.7 Å². The summed E-state index contributed by atoms with van der Waals surface area (Å²) in [5, 5.41) is 2.66. The molecular formula is C30H41F2N5O6. The summed E-state index contributed by atoms with van der Waals surface area (Å²) >= 11 is 0. The fourth-order valence-corrected chi connectivity index (χ4v) is 5.89. The number of carbonyl (C=O) groups is 3. The van der Waals surface area contributed by atoms with Crippen LogP contribution < -0.4 is 21.3 Å². The van der Waals surface area contributed by atoms with E-state index in [0.29, 0.717) is 49.9 Å². The van der Waals surface area contributed by atoms with Crippen LogP contribution in [0.4, 0.5) is 13.6 Å². The van der Waals surface area contributed by atoms with Gasteiger partial charge in [-0.2, -0.15) is 8.78 Å². The Bertz CT molecular complexity index is 1400. The Morgan fingerprint density at radius 3 is 2.63 bits per heavy atom. The molecule has 1 aliphatic carbocycles. The van der Waals surface area contributed by atoms with Gasteiger partial charge in [-0.15, -0.1) is 0 Å². The van der Waals surface area contributed by atoms with Crippen LogP contribution in [0.3, 0.4) is 0 Å². The Morgan fingerprint density at radius 2 is 1.98 bits per heavy atom. The maximum absolute atomic E-state index is 14.9. The van der Waals surface area contributed by atoms with E-state index in [4.69, 9.17) is 15.2 Å². The Labute approximate surface area is 248 Å². The predicted molar refractivity (Wildman–Crippen MR) is 155 cm³/mol. The maximum Gasteiger partial charge on any atom is 0.408 e. The predicted octanol–water partition coefficient (Wildman–Crippen LogP) is 3.84. The summed E-state index contributed by atoms with van der Waals surface area (Å²) in [6.45, 7) is 5.94. The SMILES string of the molecule is CC[C@@H]1CCN(C(=O)[C@@H](NC(=O)OC2C[C@H]2CCCCC(F)(F)c2nc3ccc(OC)cc3[nH]c2=O)C(C)C)[C@@H]1C(N)=O. The van der Waals surface area contributed by atoms with Crippen LogP contribution in [0.1, 0.15) is 71.4 Å². The first-order valence-electron chi connectivity index (χ1n) is 14.9. The number of amides is 3. The van der Waals surface area contributed by atoms with Gasteiger partial charge in [0.2, 0.25) is 11.8 Å². The molecule has 236 valence electrons. The molecule has 0 spiro atoms. The quantitative estimate of drug-likeness (QED) is 0.293. The number of fused-ring (bicyclic) bond motifs is 1. The Balaban J connectivity index is 1.23. The van der Waals surface area contributed by atoms with Gasteiger partial charge < -0.3 is 30.4 Å². The van der Waals surface area contributed by atoms with Crippen LogP contribution in [-0.2, 0) is 20.2 Å². The van der Waals surface area contributed by atoms with Gasteiger partial charge in [0.15, 0.2) is 5.69 Å². The highest BCUT2D eigenvalue weighted by Crippen LogP contribution is 2.39. The van der Waals surface area contributed by atoms with Gasteiger partial charge >= 0.3 is 6.09 Å². The number of alkyl carbamates (subject to hydrolysis) is 1. The minimum atomic E-state index is -3.40. The molecule has 1 aromatic heterocycles. The van der Waals surface area contributed by atoms with Gasteiger partial charge in [0.05, 0.1) is 18.1 Å². The third-order valence-corrected chi connectivity index (χ3v) is 8.51. The van der Waals surface area contributed by atoms with Crippen LogP contribution in [-0.4, -0.2) is 64.6 Å². The molecule has 1 saturated carbocycles. The Kier molecular flexibility index (Phi) is 9.91. The number of halogens is 2. The van der Waals surface area contributed by atoms with E-state index >= 15 is 0 Å². The molecule has 0 bridgehead atoms. The van der Waals surface area contributed by atoms with Crippen molar-refractivity contribution in [2.75, 3.05) is 13.7 Å². The third kappa shape index (κ3) is 7.42. The summed E-state index contributed by atoms with van der Waals surface area (Å²) in [5.74, 6) is -4.07. The number of H-pyrrole nitrogens is 1. The average molecular weight is 606 g/mol. The third-order valence-electron chi connectivity index (χ3n) is 8.51. The van der Waals surface area contributed by atoms with E-state index in [1.54, 1.807) is 19.9 Å². The van der Waals surface area contributed by atoms with Crippen LogP contribution in [0, 0.1) is 17.8 Å². The second kappa shape index (κ2) is 13.3. The first-order chi connectivity index (χ1) is 20.4. The molecule has 5 atom stereocenters. The number of unbranched alkanes of at least 4 members (excludes halogenated alkanes) is 1. The minimum Gasteiger partial charge on any atom is -0.497 e. The van der Waals surface area contributed by atoms with Crippen molar-refractivity contribution < 1.29 is 32.6 Å². The van der Waals surface area contributed by atoms with Crippen LogP contribution in [0.15, 0.2) is 23.0 Å². The molecule has 1 aromatic carbocycles. The lowest BCUT2D eigenvalue weighted by Gasteiger charge is -2.30. The molecule has 4 N–H and O–H groups in total. The van der Waals surface area contributed by atoms with Crippen LogP contribution in [0.2, 0.25) is 0 Å². The van der Waals surface area contributed by atoms with E-state index in [-0.39, 0.29) is 41.7 Å². The molecule has 2 fully saturated rings. The van der Waals surface area contributed by atoms with Crippen molar-refractivity contribution in [1.29, 1.82) is 0 Å². The number of aromatic amines is 1. The number of methoxy groups -OCH3 is 1. The molecule has 1 unspecified atom stereocenters. The van der Waals surface area contributed by atoms with Crippen molar-refractivity contribution in [2.24, 2.45) is 23.5 Å². The summed E-state index contributed by atoms with van der Waals surface area (Å²) in [5.41, 5.74) is 4.39. The molecule has 2 aliphatic rings. The number of nitrogens with two attached hydrogens (primary N) is 1. The average Bonchev–Trinajstić information content (AvgIpc) is 3.53. The molecule has 4 rings (SSSR count). The normalized spacial score (nSPS) is 22.4. The number of hydrogen-bond acceptors (Lipinski definition) is 7. The zero-order chi connectivity index (χ0) is 31.5. The zero-order valence-corrected chi connectivity index (χ0v) is 25.0. The summed E-state index contributed by atoms with van der Waals surface area (Å²) < 4.78 is 40.4. The summed E-state index contributed by atoms with van der Waals surface area (Å²) in [4.78, 5) is 58.2. The monoisotopic (exact) mass is 605 g/mol. The highest BCUT2D eigenvalue weighted by molar-refractivity contribution is 5.91. The fraction of sp³-hybridized carbons (Fsp3) is 0.633. The molecule has 3 amide bonds. The van der Waals surface area contributed by atoms with Gasteiger partial charge in [0.1, 0.15) is 23.9 Å². The summed E-state index contributed by atoms with van der Waals surface area (Å²) in [6.07, 6.45) is 1.56. The zero-order valence-electron chi connectivity index (χ0n) is 25.0. The number of benzene rings is 1. The Hall–Kier alpha value is -3.77. The summed E-state index contributed by atoms with van der Waals surface area (Å²) in [6, 6.07) is 3.04. The minimum absolute atomic E-state index is 0.0115. The number of rotatable bonds is 13. The number of alkyl halides is 2. The van der Waals surface area contributed by atoms with Gasteiger partial charge in [-0.25, -0.2) is 9.78 Å². The van der Waals surface area contributed by atoms with Gasteiger partial charge in [-0.1, -0.05) is 33.6 Å². The van der Waals surface area contributed by atoms with Gasteiger partial charge in [-0.3, -0.25) is 14.4 Å². The van der Waals surface area contributed by atoms with E-state index in [0.717, 1.165) is 0 Å². The fourth-order valence-electron chi connectivity index (χ4n) is 5.89. The number of primary amides is 1. The van der Waals surface area contributed by atoms with Crippen LogP contribution in [0.5, 0.6) is 5.75 Å². The molecule has 11 nitrogen and oxygen atoms in total. The number of nitrogens with one attached hydrogen (secondary N) is 2. The molecule has 1 saturated heterocycles. The van der Waals surface area contributed by atoms with Gasteiger partial charge in [0, 0.05) is 19.0 Å².